The van der Waals surface area contributed by atoms with Crippen molar-refractivity contribution in [3.05, 3.63) is 0 Å². The molecule has 8 nitrogen and oxygen atoms in total. The normalized spacial score (nSPS) is 27.9. The van der Waals surface area contributed by atoms with Crippen LogP contribution in [-0.2, 0) is 23.8 Å². The van der Waals surface area contributed by atoms with E-state index in [1.807, 2.05) is 0 Å². The van der Waals surface area contributed by atoms with Gasteiger partial charge in [-0.2, -0.15) is 0 Å². The highest BCUT2D eigenvalue weighted by atomic mass is 16.6. The first-order valence-electron chi connectivity index (χ1n) is 7.74. The molecule has 0 aliphatic carbocycles. The van der Waals surface area contributed by atoms with Gasteiger partial charge in [-0.25, -0.2) is 9.59 Å². The maximum Gasteiger partial charge on any atom is 0.408 e. The van der Waals surface area contributed by atoms with Gasteiger partial charge in [0.1, 0.15) is 23.9 Å². The zero-order valence-electron chi connectivity index (χ0n) is 14.0. The van der Waals surface area contributed by atoms with Gasteiger partial charge in [0.15, 0.2) is 0 Å². The fourth-order valence-corrected chi connectivity index (χ4v) is 2.80. The molecule has 0 aromatic heterocycles. The van der Waals surface area contributed by atoms with Crippen LogP contribution in [-0.4, -0.2) is 60.5 Å². The monoisotopic (exact) mass is 328 g/mol. The number of hydrogen-bond acceptors (Lipinski definition) is 6. The fraction of sp³-hybridized carbons (Fsp3) is 0.800. The smallest absolute Gasteiger partial charge is 0.408 e. The molecule has 0 unspecified atom stereocenters. The lowest BCUT2D eigenvalue weighted by Gasteiger charge is -2.45. The van der Waals surface area contributed by atoms with Crippen LogP contribution in [0.2, 0.25) is 0 Å². The number of ether oxygens (including phenoxy) is 3. The summed E-state index contributed by atoms with van der Waals surface area (Å²) >= 11 is 0. The van der Waals surface area contributed by atoms with E-state index in [1.54, 1.807) is 20.8 Å². The predicted molar refractivity (Wildman–Crippen MR) is 79.4 cm³/mol. The van der Waals surface area contributed by atoms with Crippen LogP contribution in [0, 0.1) is 0 Å². The maximum absolute atomic E-state index is 12.7. The number of rotatable bonds is 2. The highest BCUT2D eigenvalue weighted by Crippen LogP contribution is 2.28. The molecule has 23 heavy (non-hydrogen) atoms. The molecule has 2 aliphatic heterocycles. The number of fused-ring (bicyclic) bond motifs is 1. The molecule has 2 fully saturated rings. The van der Waals surface area contributed by atoms with Gasteiger partial charge in [0.2, 0.25) is 5.91 Å². The van der Waals surface area contributed by atoms with E-state index in [1.165, 1.54) is 12.0 Å². The Morgan fingerprint density at radius 2 is 2.00 bits per heavy atom. The predicted octanol–water partition coefficient (Wildman–Crippen LogP) is 0.790. The summed E-state index contributed by atoms with van der Waals surface area (Å²) in [5.41, 5.74) is -0.662. The van der Waals surface area contributed by atoms with Crippen LogP contribution < -0.4 is 5.32 Å². The minimum absolute atomic E-state index is 0.0626. The summed E-state index contributed by atoms with van der Waals surface area (Å²) < 4.78 is 15.6. The first-order chi connectivity index (χ1) is 10.7. The molecule has 3 atom stereocenters. The van der Waals surface area contributed by atoms with Gasteiger partial charge in [0.25, 0.3) is 0 Å². The van der Waals surface area contributed by atoms with E-state index in [0.717, 1.165) is 6.42 Å². The highest BCUT2D eigenvalue weighted by Gasteiger charge is 2.45. The first kappa shape index (κ1) is 17.5. The van der Waals surface area contributed by atoms with Gasteiger partial charge >= 0.3 is 12.1 Å². The Labute approximate surface area is 135 Å². The number of carbonyl (C=O) groups excluding carboxylic acids is 3. The Balaban J connectivity index is 2.07. The molecular formula is C15H24N2O6. The average Bonchev–Trinajstić information content (AvgIpc) is 2.47. The lowest BCUT2D eigenvalue weighted by Crippen LogP contribution is -2.65. The number of esters is 1. The third kappa shape index (κ3) is 4.13. The first-order valence-corrected chi connectivity index (χ1v) is 7.74. The van der Waals surface area contributed by atoms with E-state index >= 15 is 0 Å². The molecule has 0 spiro atoms. The van der Waals surface area contributed by atoms with Crippen molar-refractivity contribution in [2.45, 2.75) is 63.9 Å². The summed E-state index contributed by atoms with van der Waals surface area (Å²) in [5, 5.41) is 2.51. The number of amides is 2. The van der Waals surface area contributed by atoms with E-state index in [2.05, 4.69) is 5.32 Å². The van der Waals surface area contributed by atoms with Gasteiger partial charge in [-0.3, -0.25) is 4.79 Å². The minimum atomic E-state index is -0.869. The summed E-state index contributed by atoms with van der Waals surface area (Å²) in [6.45, 7) is 5.27. The van der Waals surface area contributed by atoms with Gasteiger partial charge in [-0.15, -0.1) is 0 Å². The van der Waals surface area contributed by atoms with Crippen LogP contribution in [0.5, 0.6) is 0 Å². The molecule has 0 aromatic carbocycles. The Bertz CT molecular complexity index is 487. The zero-order chi connectivity index (χ0) is 17.2. The molecule has 0 aromatic rings. The SMILES string of the molecule is COC(=O)[C@@H]1CCC[C@@H]2OC[C@H](NC(=O)OC(C)(C)C)C(=O)N21. The van der Waals surface area contributed by atoms with Crippen molar-refractivity contribution >= 4 is 18.0 Å². The molecule has 8 heteroatoms. The number of methoxy groups -OCH3 is 1. The third-order valence-electron chi connectivity index (χ3n) is 3.75. The van der Waals surface area contributed by atoms with Gasteiger partial charge in [0.05, 0.1) is 13.7 Å². The van der Waals surface area contributed by atoms with Crippen LogP contribution >= 0.6 is 0 Å². The maximum atomic E-state index is 12.7. The Kier molecular flexibility index (Phi) is 5.13. The molecule has 0 saturated carbocycles. The number of alkyl carbamates (subject to hydrolysis) is 1. The fourth-order valence-electron chi connectivity index (χ4n) is 2.80. The number of carbonyl (C=O) groups is 3. The summed E-state index contributed by atoms with van der Waals surface area (Å²) in [5.74, 6) is -0.813. The molecule has 1 N–H and O–H groups in total. The third-order valence-corrected chi connectivity index (χ3v) is 3.75. The molecule has 130 valence electrons. The topological polar surface area (TPSA) is 94.2 Å². The number of nitrogens with one attached hydrogen (secondary N) is 1. The van der Waals surface area contributed by atoms with Crippen molar-refractivity contribution < 1.29 is 28.6 Å². The second kappa shape index (κ2) is 6.74. The van der Waals surface area contributed by atoms with E-state index in [0.29, 0.717) is 12.8 Å². The van der Waals surface area contributed by atoms with Crippen LogP contribution in [0.3, 0.4) is 0 Å². The van der Waals surface area contributed by atoms with Gasteiger partial charge < -0.3 is 24.4 Å². The van der Waals surface area contributed by atoms with Crippen LogP contribution in [0.4, 0.5) is 4.79 Å². The van der Waals surface area contributed by atoms with Crippen molar-refractivity contribution in [2.75, 3.05) is 13.7 Å². The summed E-state index contributed by atoms with van der Waals surface area (Å²) in [6, 6.07) is -1.54. The van der Waals surface area contributed by atoms with Gasteiger partial charge in [0, 0.05) is 0 Å². The Hall–Kier alpha value is -1.83. The largest absolute Gasteiger partial charge is 0.467 e. The summed E-state index contributed by atoms with van der Waals surface area (Å²) in [7, 11) is 1.29. The van der Waals surface area contributed by atoms with Crippen molar-refractivity contribution in [3.8, 4) is 0 Å². The number of piperidine rings is 1. The Morgan fingerprint density at radius 3 is 2.61 bits per heavy atom. The summed E-state index contributed by atoms with van der Waals surface area (Å²) in [6.07, 6.45) is 0.829. The van der Waals surface area contributed by atoms with E-state index in [-0.39, 0.29) is 12.5 Å². The molecule has 0 radical (unpaired) electrons. The lowest BCUT2D eigenvalue weighted by molar-refractivity contribution is -0.187. The summed E-state index contributed by atoms with van der Waals surface area (Å²) in [4.78, 5) is 37.8. The molecule has 2 rings (SSSR count). The molecular weight excluding hydrogens is 304 g/mol. The average molecular weight is 328 g/mol. The lowest BCUT2D eigenvalue weighted by atomic mass is 9.98. The Morgan fingerprint density at radius 1 is 1.30 bits per heavy atom. The minimum Gasteiger partial charge on any atom is -0.467 e. The van der Waals surface area contributed by atoms with Gasteiger partial charge in [-0.05, 0) is 40.0 Å². The molecule has 2 heterocycles. The van der Waals surface area contributed by atoms with Crippen molar-refractivity contribution in [1.82, 2.24) is 10.2 Å². The highest BCUT2D eigenvalue weighted by molar-refractivity contribution is 5.90. The second-order valence-electron chi connectivity index (χ2n) is 6.70. The van der Waals surface area contributed by atoms with Gasteiger partial charge in [-0.1, -0.05) is 0 Å². The van der Waals surface area contributed by atoms with Crippen molar-refractivity contribution in [1.29, 1.82) is 0 Å². The molecule has 2 saturated heterocycles. The van der Waals surface area contributed by atoms with Crippen LogP contribution in [0.15, 0.2) is 0 Å². The van der Waals surface area contributed by atoms with Crippen molar-refractivity contribution in [3.63, 3.8) is 0 Å². The van der Waals surface area contributed by atoms with Crippen LogP contribution in [0.1, 0.15) is 40.0 Å². The van der Waals surface area contributed by atoms with E-state index in [9.17, 15) is 14.4 Å². The number of hydrogen-bond donors (Lipinski definition) is 1. The zero-order valence-corrected chi connectivity index (χ0v) is 14.0. The molecule has 0 bridgehead atoms. The van der Waals surface area contributed by atoms with E-state index < -0.39 is 36.0 Å². The molecule has 2 aliphatic rings. The standard InChI is InChI=1S/C15H24N2O6/c1-15(2,3)23-14(20)16-9-8-22-11-7-5-6-10(13(19)21-4)17(11)12(9)18/h9-11H,5-8H2,1-4H3,(H,16,20)/t9-,10-,11-/m0/s1. The van der Waals surface area contributed by atoms with Crippen molar-refractivity contribution in [2.24, 2.45) is 0 Å². The molecule has 2 amide bonds. The van der Waals surface area contributed by atoms with Crippen LogP contribution in [0.25, 0.3) is 0 Å². The second-order valence-corrected chi connectivity index (χ2v) is 6.70. The number of nitrogens with zero attached hydrogens (tertiary/aromatic N) is 1. The van der Waals surface area contributed by atoms with E-state index in [4.69, 9.17) is 14.2 Å². The quantitative estimate of drug-likeness (QED) is 0.753.